The molecule has 0 unspecified atom stereocenters. The highest BCUT2D eigenvalue weighted by Crippen LogP contribution is 2.23. The van der Waals surface area contributed by atoms with Crippen LogP contribution in [-0.4, -0.2) is 25.5 Å². The number of methoxy groups -OCH3 is 1. The maximum atomic E-state index is 5.06. The second-order valence-electron chi connectivity index (χ2n) is 4.83. The topological polar surface area (TPSA) is 21.3 Å². The van der Waals surface area contributed by atoms with E-state index in [4.69, 9.17) is 4.74 Å². The zero-order valence-electron chi connectivity index (χ0n) is 12.0. The molecule has 1 rings (SSSR count). The molecule has 0 aliphatic heterocycles. The van der Waals surface area contributed by atoms with Gasteiger partial charge in [0.1, 0.15) is 0 Å². The van der Waals surface area contributed by atoms with E-state index in [9.17, 15) is 0 Å². The largest absolute Gasteiger partial charge is 0.385 e. The fourth-order valence-corrected chi connectivity index (χ4v) is 2.62. The predicted octanol–water partition coefficient (Wildman–Crippen LogP) is 3.62. The molecule has 0 bridgehead atoms. The summed E-state index contributed by atoms with van der Waals surface area (Å²) in [5.74, 6) is 1.12. The summed E-state index contributed by atoms with van der Waals surface area (Å²) in [5.41, 5.74) is 2.74. The summed E-state index contributed by atoms with van der Waals surface area (Å²) in [4.78, 5) is 1.39. The average molecular weight is 267 g/mol. The van der Waals surface area contributed by atoms with Crippen LogP contribution in [0, 0.1) is 6.92 Å². The van der Waals surface area contributed by atoms with Gasteiger partial charge in [-0.1, -0.05) is 26.0 Å². The van der Waals surface area contributed by atoms with Gasteiger partial charge in [0, 0.05) is 37.0 Å². The zero-order chi connectivity index (χ0) is 13.4. The van der Waals surface area contributed by atoms with E-state index in [1.165, 1.54) is 16.0 Å². The predicted molar refractivity (Wildman–Crippen MR) is 80.4 cm³/mol. The van der Waals surface area contributed by atoms with Crippen LogP contribution in [0.2, 0.25) is 0 Å². The molecule has 0 amide bonds. The first-order valence-electron chi connectivity index (χ1n) is 6.58. The second-order valence-corrected chi connectivity index (χ2v) is 5.97. The third kappa shape index (κ3) is 5.89. The minimum absolute atomic E-state index is 0.536. The van der Waals surface area contributed by atoms with Gasteiger partial charge in [0.15, 0.2) is 0 Å². The van der Waals surface area contributed by atoms with Gasteiger partial charge in [0.25, 0.3) is 0 Å². The lowest BCUT2D eigenvalue weighted by Gasteiger charge is -2.11. The van der Waals surface area contributed by atoms with Crippen molar-refractivity contribution in [1.82, 2.24) is 5.32 Å². The van der Waals surface area contributed by atoms with Gasteiger partial charge < -0.3 is 10.1 Å². The molecule has 0 aliphatic carbocycles. The first-order valence-corrected chi connectivity index (χ1v) is 7.56. The Balaban J connectivity index is 2.46. The molecule has 1 aromatic rings. The molecule has 0 saturated heterocycles. The van der Waals surface area contributed by atoms with Crippen molar-refractivity contribution in [2.45, 2.75) is 44.7 Å². The molecule has 1 N–H and O–H groups in total. The first kappa shape index (κ1) is 15.5. The molecule has 0 saturated carbocycles. The van der Waals surface area contributed by atoms with Crippen LogP contribution >= 0.6 is 11.8 Å². The highest BCUT2D eigenvalue weighted by molar-refractivity contribution is 7.99. The van der Waals surface area contributed by atoms with Gasteiger partial charge in [-0.2, -0.15) is 0 Å². The minimum atomic E-state index is 0.536. The Morgan fingerprint density at radius 3 is 2.72 bits per heavy atom. The standard InChI is InChI=1S/C15H25NOS/c1-12(2)16-11-14-6-7-15(13(3)10-14)18-9-5-8-17-4/h6-7,10,12,16H,5,8-9,11H2,1-4H3. The summed E-state index contributed by atoms with van der Waals surface area (Å²) < 4.78 is 5.06. The van der Waals surface area contributed by atoms with Crippen LogP contribution in [0.1, 0.15) is 31.4 Å². The van der Waals surface area contributed by atoms with Crippen LogP contribution in [0.25, 0.3) is 0 Å². The van der Waals surface area contributed by atoms with E-state index in [2.05, 4.69) is 44.3 Å². The minimum Gasteiger partial charge on any atom is -0.385 e. The maximum Gasteiger partial charge on any atom is 0.0470 e. The second kappa shape index (κ2) is 8.57. The van der Waals surface area contributed by atoms with Crippen molar-refractivity contribution in [2.75, 3.05) is 19.5 Å². The van der Waals surface area contributed by atoms with Crippen LogP contribution in [0.15, 0.2) is 23.1 Å². The van der Waals surface area contributed by atoms with Gasteiger partial charge in [-0.15, -0.1) is 11.8 Å². The molecule has 0 heterocycles. The summed E-state index contributed by atoms with van der Waals surface area (Å²) in [5, 5.41) is 3.45. The Bertz CT molecular complexity index is 352. The lowest BCUT2D eigenvalue weighted by Crippen LogP contribution is -2.21. The molecule has 1 aromatic carbocycles. The van der Waals surface area contributed by atoms with Crippen molar-refractivity contribution >= 4 is 11.8 Å². The van der Waals surface area contributed by atoms with Crippen molar-refractivity contribution in [3.63, 3.8) is 0 Å². The van der Waals surface area contributed by atoms with Crippen LogP contribution in [0.3, 0.4) is 0 Å². The van der Waals surface area contributed by atoms with Gasteiger partial charge in [-0.05, 0) is 30.5 Å². The smallest absolute Gasteiger partial charge is 0.0470 e. The van der Waals surface area contributed by atoms with E-state index in [0.29, 0.717) is 6.04 Å². The zero-order valence-corrected chi connectivity index (χ0v) is 12.8. The molecule has 18 heavy (non-hydrogen) atoms. The lowest BCUT2D eigenvalue weighted by molar-refractivity contribution is 0.200. The van der Waals surface area contributed by atoms with Crippen molar-refractivity contribution < 1.29 is 4.74 Å². The Hall–Kier alpha value is -0.510. The maximum absolute atomic E-state index is 5.06. The van der Waals surface area contributed by atoms with Gasteiger partial charge in [-0.25, -0.2) is 0 Å². The number of nitrogens with one attached hydrogen (secondary N) is 1. The molecule has 0 aromatic heterocycles. The molecule has 3 heteroatoms. The fraction of sp³-hybridized carbons (Fsp3) is 0.600. The Morgan fingerprint density at radius 2 is 2.11 bits per heavy atom. The number of hydrogen-bond donors (Lipinski definition) is 1. The number of ether oxygens (including phenoxy) is 1. The van der Waals surface area contributed by atoms with Crippen LogP contribution < -0.4 is 5.32 Å². The number of thioether (sulfide) groups is 1. The molecule has 0 spiro atoms. The lowest BCUT2D eigenvalue weighted by atomic mass is 10.1. The SMILES string of the molecule is COCCCSc1ccc(CNC(C)C)cc1C. The van der Waals surface area contributed by atoms with Gasteiger partial charge in [-0.3, -0.25) is 0 Å². The van der Waals surface area contributed by atoms with Crippen LogP contribution in [0.4, 0.5) is 0 Å². The van der Waals surface area contributed by atoms with Crippen molar-refractivity contribution in [3.05, 3.63) is 29.3 Å². The van der Waals surface area contributed by atoms with Crippen molar-refractivity contribution in [3.8, 4) is 0 Å². The Morgan fingerprint density at radius 1 is 1.33 bits per heavy atom. The summed E-state index contributed by atoms with van der Waals surface area (Å²) in [6.45, 7) is 8.34. The van der Waals surface area contributed by atoms with E-state index < -0.39 is 0 Å². The molecule has 0 atom stereocenters. The molecule has 102 valence electrons. The van der Waals surface area contributed by atoms with E-state index in [-0.39, 0.29) is 0 Å². The van der Waals surface area contributed by atoms with Crippen LogP contribution in [0.5, 0.6) is 0 Å². The fourth-order valence-electron chi connectivity index (χ4n) is 1.69. The van der Waals surface area contributed by atoms with E-state index >= 15 is 0 Å². The number of rotatable bonds is 8. The van der Waals surface area contributed by atoms with Crippen molar-refractivity contribution in [2.24, 2.45) is 0 Å². The average Bonchev–Trinajstić information content (AvgIpc) is 2.34. The molecule has 0 radical (unpaired) electrons. The first-order chi connectivity index (χ1) is 8.63. The van der Waals surface area contributed by atoms with Gasteiger partial charge in [0.05, 0.1) is 0 Å². The Labute approximate surface area is 116 Å². The number of hydrogen-bond acceptors (Lipinski definition) is 3. The molecule has 2 nitrogen and oxygen atoms in total. The highest BCUT2D eigenvalue weighted by Gasteiger charge is 2.02. The monoisotopic (exact) mass is 267 g/mol. The van der Waals surface area contributed by atoms with Gasteiger partial charge >= 0.3 is 0 Å². The summed E-state index contributed by atoms with van der Waals surface area (Å²) in [6.07, 6.45) is 1.11. The summed E-state index contributed by atoms with van der Waals surface area (Å²) in [7, 11) is 1.76. The number of aryl methyl sites for hydroxylation is 1. The molecular weight excluding hydrogens is 242 g/mol. The normalized spacial score (nSPS) is 11.2. The summed E-state index contributed by atoms with van der Waals surface area (Å²) >= 11 is 1.92. The molecular formula is C15H25NOS. The van der Waals surface area contributed by atoms with E-state index in [0.717, 1.165) is 25.3 Å². The van der Waals surface area contributed by atoms with Crippen molar-refractivity contribution in [1.29, 1.82) is 0 Å². The highest BCUT2D eigenvalue weighted by atomic mass is 32.2. The molecule has 0 aliphatic rings. The van der Waals surface area contributed by atoms with E-state index in [1.54, 1.807) is 7.11 Å². The third-order valence-electron chi connectivity index (χ3n) is 2.70. The van der Waals surface area contributed by atoms with Crippen LogP contribution in [-0.2, 0) is 11.3 Å². The quantitative estimate of drug-likeness (QED) is 0.574. The third-order valence-corrected chi connectivity index (χ3v) is 3.97. The number of benzene rings is 1. The Kier molecular flexibility index (Phi) is 7.40. The summed E-state index contributed by atoms with van der Waals surface area (Å²) in [6, 6.07) is 7.28. The van der Waals surface area contributed by atoms with E-state index in [1.807, 2.05) is 11.8 Å². The van der Waals surface area contributed by atoms with Gasteiger partial charge in [0.2, 0.25) is 0 Å². The molecule has 0 fully saturated rings.